The van der Waals surface area contributed by atoms with Crippen LogP contribution in [-0.4, -0.2) is 26.6 Å². The van der Waals surface area contributed by atoms with Gasteiger partial charge in [-0.1, -0.05) is 12.8 Å². The summed E-state index contributed by atoms with van der Waals surface area (Å²) in [6.45, 7) is 4.08. The minimum absolute atomic E-state index is 0.649. The number of hydrogen-bond donors (Lipinski definition) is 2. The van der Waals surface area contributed by atoms with Gasteiger partial charge in [0.25, 0.3) is 0 Å². The van der Waals surface area contributed by atoms with Crippen molar-refractivity contribution < 1.29 is 9.90 Å². The number of rotatable bonds is 3. The Hall–Kier alpha value is -1.69. The van der Waals surface area contributed by atoms with Crippen molar-refractivity contribution in [1.29, 1.82) is 0 Å². The Morgan fingerprint density at radius 1 is 1.35 bits per heavy atom. The van der Waals surface area contributed by atoms with E-state index in [1.807, 2.05) is 13.8 Å². The number of anilines is 1. The van der Waals surface area contributed by atoms with Crippen LogP contribution in [0.4, 0.5) is 5.82 Å². The third kappa shape index (κ3) is 1.95. The van der Waals surface area contributed by atoms with E-state index >= 15 is 0 Å². The molecule has 1 aliphatic rings. The van der Waals surface area contributed by atoms with Crippen LogP contribution in [-0.2, 0) is 4.79 Å². The van der Waals surface area contributed by atoms with Crippen LogP contribution in [0.1, 0.15) is 36.1 Å². The Balaban J connectivity index is 2.08. The van der Waals surface area contributed by atoms with Gasteiger partial charge in [0.05, 0.1) is 5.39 Å². The van der Waals surface area contributed by atoms with Crippen LogP contribution in [0, 0.1) is 13.8 Å². The zero-order valence-corrected chi connectivity index (χ0v) is 12.4. The molecule has 106 valence electrons. The second-order valence-electron chi connectivity index (χ2n) is 5.41. The second kappa shape index (κ2) is 4.70. The fourth-order valence-corrected chi connectivity index (χ4v) is 3.87. The number of aryl methyl sites for hydroxylation is 2. The number of nitrogens with zero attached hydrogens (tertiary/aromatic N) is 2. The van der Waals surface area contributed by atoms with E-state index in [1.165, 1.54) is 11.2 Å². The average Bonchev–Trinajstić information content (AvgIpc) is 2.98. The van der Waals surface area contributed by atoms with Gasteiger partial charge in [0, 0.05) is 4.88 Å². The minimum atomic E-state index is -0.871. The molecule has 0 amide bonds. The predicted octanol–water partition coefficient (Wildman–Crippen LogP) is 3.12. The molecule has 0 atom stereocenters. The molecule has 1 saturated carbocycles. The van der Waals surface area contributed by atoms with E-state index in [-0.39, 0.29) is 0 Å². The predicted molar refractivity (Wildman–Crippen MR) is 79.3 cm³/mol. The monoisotopic (exact) mass is 291 g/mol. The summed E-state index contributed by atoms with van der Waals surface area (Å²) in [7, 11) is 0. The number of thiophene rings is 1. The van der Waals surface area contributed by atoms with Gasteiger partial charge in [-0.05, 0) is 32.3 Å². The Kier molecular flexibility index (Phi) is 3.12. The fourth-order valence-electron chi connectivity index (χ4n) is 2.87. The molecule has 1 aliphatic carbocycles. The number of nitrogens with one attached hydrogen (secondary N) is 1. The Bertz CT molecular complexity index is 674. The summed E-state index contributed by atoms with van der Waals surface area (Å²) in [6, 6.07) is 0. The summed E-state index contributed by atoms with van der Waals surface area (Å²) < 4.78 is 0. The van der Waals surface area contributed by atoms with E-state index < -0.39 is 11.5 Å². The summed E-state index contributed by atoms with van der Waals surface area (Å²) in [5, 5.41) is 13.7. The smallest absolute Gasteiger partial charge is 0.329 e. The van der Waals surface area contributed by atoms with Crippen molar-refractivity contribution in [2.75, 3.05) is 5.32 Å². The van der Waals surface area contributed by atoms with Crippen LogP contribution in [0.2, 0.25) is 0 Å². The molecule has 0 radical (unpaired) electrons. The van der Waals surface area contributed by atoms with Crippen LogP contribution in [0.5, 0.6) is 0 Å². The van der Waals surface area contributed by atoms with Gasteiger partial charge < -0.3 is 10.4 Å². The van der Waals surface area contributed by atoms with Crippen molar-refractivity contribution in [1.82, 2.24) is 9.97 Å². The first-order valence-electron chi connectivity index (χ1n) is 6.76. The molecule has 1 fully saturated rings. The molecule has 2 aromatic rings. The normalized spacial score (nSPS) is 17.5. The highest BCUT2D eigenvalue weighted by Gasteiger charge is 2.42. The average molecular weight is 291 g/mol. The van der Waals surface area contributed by atoms with Gasteiger partial charge in [-0.3, -0.25) is 0 Å². The van der Waals surface area contributed by atoms with Gasteiger partial charge in [0.2, 0.25) is 0 Å². The molecule has 5 nitrogen and oxygen atoms in total. The molecule has 20 heavy (non-hydrogen) atoms. The van der Waals surface area contributed by atoms with Crippen LogP contribution in [0.25, 0.3) is 10.2 Å². The number of aromatic nitrogens is 2. The highest BCUT2D eigenvalue weighted by molar-refractivity contribution is 7.18. The first kappa shape index (κ1) is 13.3. The molecule has 0 saturated heterocycles. The highest BCUT2D eigenvalue weighted by Crippen LogP contribution is 2.37. The van der Waals surface area contributed by atoms with E-state index in [9.17, 15) is 9.90 Å². The number of hydrogen-bond acceptors (Lipinski definition) is 5. The second-order valence-corrected chi connectivity index (χ2v) is 6.61. The van der Waals surface area contributed by atoms with Crippen molar-refractivity contribution in [2.45, 2.75) is 45.1 Å². The van der Waals surface area contributed by atoms with E-state index in [0.29, 0.717) is 18.7 Å². The lowest BCUT2D eigenvalue weighted by molar-refractivity contribution is -0.142. The lowest BCUT2D eigenvalue weighted by Crippen LogP contribution is -2.44. The maximum Gasteiger partial charge on any atom is 0.329 e. The number of fused-ring (bicyclic) bond motifs is 1. The summed E-state index contributed by atoms with van der Waals surface area (Å²) in [6.07, 6.45) is 4.68. The quantitative estimate of drug-likeness (QED) is 0.908. The van der Waals surface area contributed by atoms with Crippen LogP contribution in [0.15, 0.2) is 6.33 Å². The fraction of sp³-hybridized carbons (Fsp3) is 0.500. The van der Waals surface area contributed by atoms with E-state index in [2.05, 4.69) is 15.3 Å². The van der Waals surface area contributed by atoms with Crippen molar-refractivity contribution in [3.8, 4) is 0 Å². The largest absolute Gasteiger partial charge is 0.480 e. The molecule has 2 heterocycles. The maximum absolute atomic E-state index is 11.7. The molecule has 2 N–H and O–H groups in total. The topological polar surface area (TPSA) is 75.1 Å². The van der Waals surface area contributed by atoms with Gasteiger partial charge in [0.15, 0.2) is 0 Å². The van der Waals surface area contributed by atoms with E-state index in [0.717, 1.165) is 28.6 Å². The summed E-state index contributed by atoms with van der Waals surface area (Å²) in [4.78, 5) is 22.3. The van der Waals surface area contributed by atoms with Gasteiger partial charge in [-0.15, -0.1) is 11.3 Å². The minimum Gasteiger partial charge on any atom is -0.480 e. The Morgan fingerprint density at radius 2 is 2.05 bits per heavy atom. The molecule has 0 unspecified atom stereocenters. The van der Waals surface area contributed by atoms with E-state index in [4.69, 9.17) is 0 Å². The lowest BCUT2D eigenvalue weighted by atomic mass is 9.97. The third-order valence-corrected chi connectivity index (χ3v) is 5.30. The van der Waals surface area contributed by atoms with Gasteiger partial charge in [-0.2, -0.15) is 0 Å². The molecule has 3 rings (SSSR count). The molecule has 0 bridgehead atoms. The molecule has 6 heteroatoms. The first-order valence-corrected chi connectivity index (χ1v) is 7.57. The van der Waals surface area contributed by atoms with Crippen LogP contribution >= 0.6 is 11.3 Å². The number of aliphatic carboxylic acids is 1. The summed E-state index contributed by atoms with van der Waals surface area (Å²) in [5.41, 5.74) is 0.260. The van der Waals surface area contributed by atoms with Gasteiger partial charge >= 0.3 is 5.97 Å². The summed E-state index contributed by atoms with van der Waals surface area (Å²) >= 11 is 1.62. The Labute approximate surface area is 121 Å². The lowest BCUT2D eigenvalue weighted by Gasteiger charge is -2.26. The van der Waals surface area contributed by atoms with Gasteiger partial charge in [-0.25, -0.2) is 14.8 Å². The van der Waals surface area contributed by atoms with E-state index in [1.54, 1.807) is 11.3 Å². The van der Waals surface area contributed by atoms with Crippen molar-refractivity contribution in [3.63, 3.8) is 0 Å². The molecule has 0 spiro atoms. The standard InChI is InChI=1S/C14H17N3O2S/c1-8-9(2)20-12-10(8)11(15-7-16-12)17-14(13(18)19)5-3-4-6-14/h7H,3-6H2,1-2H3,(H,18,19)(H,15,16,17). The van der Waals surface area contributed by atoms with Crippen molar-refractivity contribution in [3.05, 3.63) is 16.8 Å². The summed E-state index contributed by atoms with van der Waals surface area (Å²) in [5.74, 6) is -0.132. The SMILES string of the molecule is Cc1sc2ncnc(NC3(C(=O)O)CCCC3)c2c1C. The number of carboxylic acid groups (broad SMARTS) is 1. The van der Waals surface area contributed by atoms with Gasteiger partial charge in [0.1, 0.15) is 22.5 Å². The molecular weight excluding hydrogens is 274 g/mol. The van der Waals surface area contributed by atoms with Crippen LogP contribution < -0.4 is 5.32 Å². The zero-order chi connectivity index (χ0) is 14.3. The first-order chi connectivity index (χ1) is 9.53. The number of carbonyl (C=O) groups is 1. The molecule has 2 aromatic heterocycles. The Morgan fingerprint density at radius 3 is 2.70 bits per heavy atom. The van der Waals surface area contributed by atoms with Crippen LogP contribution in [0.3, 0.4) is 0 Å². The molecule has 0 aromatic carbocycles. The molecular formula is C14H17N3O2S. The zero-order valence-electron chi connectivity index (χ0n) is 11.6. The van der Waals surface area contributed by atoms with Crippen molar-refractivity contribution >= 4 is 33.3 Å². The maximum atomic E-state index is 11.7. The van der Waals surface area contributed by atoms with Crippen molar-refractivity contribution in [2.24, 2.45) is 0 Å². The molecule has 0 aliphatic heterocycles. The third-order valence-electron chi connectivity index (χ3n) is 4.19. The number of carboxylic acids is 1. The highest BCUT2D eigenvalue weighted by atomic mass is 32.1.